The number of rotatable bonds is 6. The van der Waals surface area contributed by atoms with Gasteiger partial charge in [-0.05, 0) is 56.5 Å². The number of hydrogen-bond donors (Lipinski definition) is 1. The topological polar surface area (TPSA) is 92.8 Å². The highest BCUT2D eigenvalue weighted by molar-refractivity contribution is 7.89. The van der Waals surface area contributed by atoms with Gasteiger partial charge in [-0.1, -0.05) is 24.3 Å². The molecule has 1 aliphatic rings. The van der Waals surface area contributed by atoms with Crippen LogP contribution in [0.2, 0.25) is 0 Å². The maximum absolute atomic E-state index is 12.8. The fraction of sp³-hybridized carbons (Fsp3) is 0.364. The molecule has 1 saturated heterocycles. The van der Waals surface area contributed by atoms with Crippen LogP contribution in [0.25, 0.3) is 0 Å². The molecular weight excluding hydrogens is 404 g/mol. The number of anilines is 1. The molecular formula is C22H26N2O5S. The summed E-state index contributed by atoms with van der Waals surface area (Å²) in [5.74, 6) is -0.890. The number of amides is 1. The van der Waals surface area contributed by atoms with Gasteiger partial charge in [-0.3, -0.25) is 4.79 Å². The quantitative estimate of drug-likeness (QED) is 0.711. The van der Waals surface area contributed by atoms with Crippen LogP contribution in [0, 0.1) is 12.8 Å². The molecule has 0 radical (unpaired) electrons. The lowest BCUT2D eigenvalue weighted by atomic mass is 9.96. The van der Waals surface area contributed by atoms with Crippen LogP contribution in [0.1, 0.15) is 35.7 Å². The minimum absolute atomic E-state index is 0.170. The monoisotopic (exact) mass is 430 g/mol. The molecule has 0 unspecified atom stereocenters. The average molecular weight is 431 g/mol. The van der Waals surface area contributed by atoms with Crippen molar-refractivity contribution in [1.29, 1.82) is 0 Å². The summed E-state index contributed by atoms with van der Waals surface area (Å²) in [4.78, 5) is 25.1. The Balaban J connectivity index is 1.64. The highest BCUT2D eigenvalue weighted by Crippen LogP contribution is 2.26. The lowest BCUT2D eigenvalue weighted by molar-refractivity contribution is -0.120. The number of ether oxygens (including phenoxy) is 1. The van der Waals surface area contributed by atoms with E-state index < -0.39 is 16.0 Å². The Hall–Kier alpha value is -2.71. The van der Waals surface area contributed by atoms with E-state index in [0.717, 1.165) is 0 Å². The molecule has 0 spiro atoms. The Morgan fingerprint density at radius 3 is 2.37 bits per heavy atom. The van der Waals surface area contributed by atoms with Crippen LogP contribution in [-0.4, -0.2) is 44.3 Å². The number of piperidine rings is 1. The molecule has 1 heterocycles. The van der Waals surface area contributed by atoms with Gasteiger partial charge in [-0.2, -0.15) is 4.31 Å². The first-order chi connectivity index (χ1) is 14.3. The Labute approximate surface area is 177 Å². The van der Waals surface area contributed by atoms with Gasteiger partial charge >= 0.3 is 5.97 Å². The molecule has 30 heavy (non-hydrogen) atoms. The summed E-state index contributed by atoms with van der Waals surface area (Å²) in [5, 5.41) is 2.89. The first-order valence-corrected chi connectivity index (χ1v) is 11.4. The van der Waals surface area contributed by atoms with Crippen molar-refractivity contribution < 1.29 is 22.7 Å². The molecule has 0 aliphatic carbocycles. The second-order valence-corrected chi connectivity index (χ2v) is 9.12. The molecule has 160 valence electrons. The van der Waals surface area contributed by atoms with E-state index in [1.165, 1.54) is 4.31 Å². The van der Waals surface area contributed by atoms with Crippen molar-refractivity contribution in [1.82, 2.24) is 4.31 Å². The SMILES string of the molecule is CCOC(=O)c1cccc(NC(=O)C2CCN(S(=O)(=O)c3ccccc3)CC2)c1C. The number of sulfonamides is 1. The summed E-state index contributed by atoms with van der Waals surface area (Å²) in [6.07, 6.45) is 0.878. The van der Waals surface area contributed by atoms with Crippen LogP contribution in [0.3, 0.4) is 0 Å². The fourth-order valence-corrected chi connectivity index (χ4v) is 5.03. The number of esters is 1. The minimum atomic E-state index is -3.55. The smallest absolute Gasteiger partial charge is 0.338 e. The Morgan fingerprint density at radius 2 is 1.73 bits per heavy atom. The molecule has 1 N–H and O–H groups in total. The second kappa shape index (κ2) is 9.40. The molecule has 2 aromatic carbocycles. The molecule has 0 saturated carbocycles. The van der Waals surface area contributed by atoms with Gasteiger partial charge in [0.15, 0.2) is 0 Å². The number of carbonyl (C=O) groups excluding carboxylic acids is 2. The minimum Gasteiger partial charge on any atom is -0.462 e. The van der Waals surface area contributed by atoms with Gasteiger partial charge < -0.3 is 10.1 Å². The van der Waals surface area contributed by atoms with Crippen molar-refractivity contribution in [2.24, 2.45) is 5.92 Å². The van der Waals surface area contributed by atoms with Gasteiger partial charge in [-0.15, -0.1) is 0 Å². The molecule has 3 rings (SSSR count). The van der Waals surface area contributed by atoms with Gasteiger partial charge in [0.25, 0.3) is 0 Å². The average Bonchev–Trinajstić information content (AvgIpc) is 2.76. The highest BCUT2D eigenvalue weighted by atomic mass is 32.2. The lowest BCUT2D eigenvalue weighted by Gasteiger charge is -2.30. The normalized spacial score (nSPS) is 15.5. The van der Waals surface area contributed by atoms with Gasteiger partial charge in [-0.25, -0.2) is 13.2 Å². The van der Waals surface area contributed by atoms with E-state index in [1.807, 2.05) is 0 Å². The summed E-state index contributed by atoms with van der Waals surface area (Å²) >= 11 is 0. The molecule has 1 aliphatic heterocycles. The van der Waals surface area contributed by atoms with Crippen LogP contribution < -0.4 is 5.32 Å². The summed E-state index contributed by atoms with van der Waals surface area (Å²) in [6, 6.07) is 13.4. The van der Waals surface area contributed by atoms with E-state index in [0.29, 0.717) is 29.7 Å². The van der Waals surface area contributed by atoms with Crippen LogP contribution in [0.15, 0.2) is 53.4 Å². The maximum Gasteiger partial charge on any atom is 0.338 e. The zero-order valence-corrected chi connectivity index (χ0v) is 17.9. The Bertz CT molecular complexity index is 1010. The third-order valence-corrected chi connectivity index (χ3v) is 7.21. The van der Waals surface area contributed by atoms with Gasteiger partial charge in [0.2, 0.25) is 15.9 Å². The summed E-state index contributed by atoms with van der Waals surface area (Å²) < 4.78 is 32.0. The number of nitrogens with one attached hydrogen (secondary N) is 1. The molecule has 0 bridgehead atoms. The van der Waals surface area contributed by atoms with Crippen LogP contribution in [0.4, 0.5) is 5.69 Å². The number of carbonyl (C=O) groups is 2. The van der Waals surface area contributed by atoms with Gasteiger partial charge in [0, 0.05) is 24.7 Å². The van der Waals surface area contributed by atoms with Crippen molar-refractivity contribution in [2.45, 2.75) is 31.6 Å². The third kappa shape index (κ3) is 4.71. The Kier molecular flexibility index (Phi) is 6.89. The van der Waals surface area contributed by atoms with Crippen molar-refractivity contribution in [3.05, 3.63) is 59.7 Å². The standard InChI is InChI=1S/C22H26N2O5S/c1-3-29-22(26)19-10-7-11-20(16(19)2)23-21(25)17-12-14-24(15-13-17)30(27,28)18-8-5-4-6-9-18/h4-11,17H,3,12-15H2,1-2H3,(H,23,25). The molecule has 0 atom stereocenters. The van der Waals surface area contributed by atoms with Crippen LogP contribution in [-0.2, 0) is 19.6 Å². The van der Waals surface area contributed by atoms with Gasteiger partial charge in [0.05, 0.1) is 17.1 Å². The first kappa shape index (κ1) is 22.0. The lowest BCUT2D eigenvalue weighted by Crippen LogP contribution is -2.41. The molecule has 0 aromatic heterocycles. The largest absolute Gasteiger partial charge is 0.462 e. The van der Waals surface area contributed by atoms with Crippen LogP contribution in [0.5, 0.6) is 0 Å². The van der Waals surface area contributed by atoms with E-state index in [2.05, 4.69) is 5.32 Å². The number of nitrogens with zero attached hydrogens (tertiary/aromatic N) is 1. The number of benzene rings is 2. The van der Waals surface area contributed by atoms with E-state index in [9.17, 15) is 18.0 Å². The van der Waals surface area contributed by atoms with Crippen molar-refractivity contribution in [3.8, 4) is 0 Å². The van der Waals surface area contributed by atoms with Crippen molar-refractivity contribution in [3.63, 3.8) is 0 Å². The third-order valence-electron chi connectivity index (χ3n) is 5.29. The highest BCUT2D eigenvalue weighted by Gasteiger charge is 2.32. The van der Waals surface area contributed by atoms with Crippen molar-refractivity contribution in [2.75, 3.05) is 25.0 Å². The fourth-order valence-electron chi connectivity index (χ4n) is 3.54. The van der Waals surface area contributed by atoms with Gasteiger partial charge in [0.1, 0.15) is 0 Å². The molecule has 7 nitrogen and oxygen atoms in total. The summed E-state index contributed by atoms with van der Waals surface area (Å²) in [7, 11) is -3.55. The van der Waals surface area contributed by atoms with E-state index in [4.69, 9.17) is 4.74 Å². The Morgan fingerprint density at radius 1 is 1.07 bits per heavy atom. The predicted molar refractivity (Wildman–Crippen MR) is 114 cm³/mol. The molecule has 1 amide bonds. The zero-order valence-electron chi connectivity index (χ0n) is 17.1. The molecule has 1 fully saturated rings. The predicted octanol–water partition coefficient (Wildman–Crippen LogP) is 3.21. The molecule has 8 heteroatoms. The molecule has 2 aromatic rings. The zero-order chi connectivity index (χ0) is 21.7. The number of hydrogen-bond acceptors (Lipinski definition) is 5. The van der Waals surface area contributed by atoms with E-state index in [1.54, 1.807) is 62.4 Å². The first-order valence-electron chi connectivity index (χ1n) is 9.97. The summed E-state index contributed by atoms with van der Waals surface area (Å²) in [5.41, 5.74) is 1.62. The maximum atomic E-state index is 12.8. The van der Waals surface area contributed by atoms with E-state index in [-0.39, 0.29) is 36.4 Å². The summed E-state index contributed by atoms with van der Waals surface area (Å²) in [6.45, 7) is 4.35. The van der Waals surface area contributed by atoms with Crippen LogP contribution >= 0.6 is 0 Å². The van der Waals surface area contributed by atoms with Crippen molar-refractivity contribution >= 4 is 27.6 Å². The van der Waals surface area contributed by atoms with E-state index >= 15 is 0 Å². The second-order valence-electron chi connectivity index (χ2n) is 7.18.